The summed E-state index contributed by atoms with van der Waals surface area (Å²) in [5, 5.41) is 10.3. The molecule has 5 rings (SSSR count). The van der Waals surface area contributed by atoms with Crippen LogP contribution in [0.15, 0.2) is 69.7 Å². The zero-order valence-electron chi connectivity index (χ0n) is 18.6. The van der Waals surface area contributed by atoms with Crippen LogP contribution in [0, 0.1) is 0 Å². The normalized spacial score (nSPS) is 21.9. The molecule has 3 N–H and O–H groups in total. The number of thiophene rings is 1. The average molecular weight is 492 g/mol. The number of nitrogens with two attached hydrogens (primary N) is 1. The highest BCUT2D eigenvalue weighted by atomic mass is 32.1. The number of nitrogens with zero attached hydrogens (tertiary/aromatic N) is 3. The second-order valence-electron chi connectivity index (χ2n) is 8.39. The van der Waals surface area contributed by atoms with E-state index in [1.165, 1.54) is 41.7 Å². The van der Waals surface area contributed by atoms with Crippen LogP contribution < -0.4 is 11.1 Å². The van der Waals surface area contributed by atoms with Gasteiger partial charge in [-0.15, -0.1) is 11.3 Å². The molecule has 1 aromatic carbocycles. The van der Waals surface area contributed by atoms with Crippen LogP contribution in [0.2, 0.25) is 0 Å². The van der Waals surface area contributed by atoms with Crippen LogP contribution in [0.3, 0.4) is 0 Å². The highest BCUT2D eigenvalue weighted by Crippen LogP contribution is 2.36. The predicted molar refractivity (Wildman–Crippen MR) is 126 cm³/mol. The van der Waals surface area contributed by atoms with Gasteiger partial charge in [-0.2, -0.15) is 5.10 Å². The molecular formula is C24H21N5O5S. The summed E-state index contributed by atoms with van der Waals surface area (Å²) in [6.07, 6.45) is 1.97. The molecule has 0 bridgehead atoms. The molecule has 2 aliphatic rings. The number of hydrogen-bond acceptors (Lipinski definition) is 7. The topological polar surface area (TPSA) is 138 Å². The molecule has 2 aromatic heterocycles. The Morgan fingerprint density at radius 1 is 1.23 bits per heavy atom. The van der Waals surface area contributed by atoms with E-state index < -0.39 is 35.8 Å². The van der Waals surface area contributed by atoms with E-state index in [0.717, 1.165) is 9.78 Å². The molecule has 0 saturated carbocycles. The van der Waals surface area contributed by atoms with Gasteiger partial charge < -0.3 is 15.5 Å². The van der Waals surface area contributed by atoms with Crippen molar-refractivity contribution in [3.05, 3.63) is 81.9 Å². The number of urea groups is 1. The minimum absolute atomic E-state index is 0.205. The van der Waals surface area contributed by atoms with E-state index in [0.29, 0.717) is 23.5 Å². The van der Waals surface area contributed by atoms with Crippen molar-refractivity contribution in [2.45, 2.75) is 24.9 Å². The van der Waals surface area contributed by atoms with E-state index in [2.05, 4.69) is 10.4 Å². The Morgan fingerprint density at radius 2 is 2.06 bits per heavy atom. The van der Waals surface area contributed by atoms with Crippen molar-refractivity contribution in [1.29, 1.82) is 0 Å². The Hall–Kier alpha value is -4.25. The van der Waals surface area contributed by atoms with Gasteiger partial charge in [-0.25, -0.2) is 9.80 Å². The third-order valence-electron chi connectivity index (χ3n) is 6.14. The first-order chi connectivity index (χ1) is 16.8. The first kappa shape index (κ1) is 22.5. The van der Waals surface area contributed by atoms with Crippen molar-refractivity contribution in [2.24, 2.45) is 10.8 Å². The molecule has 178 valence electrons. The van der Waals surface area contributed by atoms with Crippen molar-refractivity contribution in [3.63, 3.8) is 0 Å². The van der Waals surface area contributed by atoms with E-state index in [1.54, 1.807) is 24.3 Å². The van der Waals surface area contributed by atoms with E-state index in [1.807, 2.05) is 17.5 Å². The van der Waals surface area contributed by atoms with Crippen LogP contribution in [0.4, 0.5) is 4.79 Å². The first-order valence-electron chi connectivity index (χ1n) is 10.8. The van der Waals surface area contributed by atoms with Gasteiger partial charge in [-0.3, -0.25) is 19.3 Å². The lowest BCUT2D eigenvalue weighted by atomic mass is 9.90. The molecule has 0 aliphatic carbocycles. The summed E-state index contributed by atoms with van der Waals surface area (Å²) >= 11 is 1.49. The van der Waals surface area contributed by atoms with Crippen LogP contribution in [0.5, 0.6) is 0 Å². The lowest BCUT2D eigenvalue weighted by Crippen LogP contribution is -2.43. The number of benzene rings is 1. The predicted octanol–water partition coefficient (Wildman–Crippen LogP) is 2.58. The number of hydrazone groups is 1. The van der Waals surface area contributed by atoms with Gasteiger partial charge in [0.2, 0.25) is 5.91 Å². The Labute approximate surface area is 204 Å². The second kappa shape index (κ2) is 8.51. The summed E-state index contributed by atoms with van der Waals surface area (Å²) < 4.78 is 5.45. The molecule has 35 heavy (non-hydrogen) atoms. The number of carbonyl (C=O) groups is 4. The maximum absolute atomic E-state index is 13.4. The molecule has 4 heterocycles. The molecule has 2 aliphatic heterocycles. The smallest absolute Gasteiger partial charge is 0.325 e. The SMILES string of the molecule is CC1(c2cccc(C(N)=O)c2)NC(=O)N(CC(=O)N2N=C(c3ccco3)CC2c2cccs2)C1=O. The lowest BCUT2D eigenvalue weighted by molar-refractivity contribution is -0.139. The third kappa shape index (κ3) is 3.89. The van der Waals surface area contributed by atoms with Crippen LogP contribution >= 0.6 is 11.3 Å². The van der Waals surface area contributed by atoms with Crippen molar-refractivity contribution in [2.75, 3.05) is 6.54 Å². The molecule has 0 spiro atoms. The summed E-state index contributed by atoms with van der Waals surface area (Å²) in [5.74, 6) is -1.22. The maximum Gasteiger partial charge on any atom is 0.325 e. The lowest BCUT2D eigenvalue weighted by Gasteiger charge is -2.24. The monoisotopic (exact) mass is 491 g/mol. The van der Waals surface area contributed by atoms with E-state index in [-0.39, 0.29) is 11.6 Å². The number of imide groups is 1. The summed E-state index contributed by atoms with van der Waals surface area (Å²) in [6, 6.07) is 12.4. The number of furan rings is 1. The van der Waals surface area contributed by atoms with Crippen molar-refractivity contribution < 1.29 is 23.6 Å². The second-order valence-corrected chi connectivity index (χ2v) is 9.37. The molecule has 1 saturated heterocycles. The Morgan fingerprint density at radius 3 is 2.74 bits per heavy atom. The highest BCUT2D eigenvalue weighted by molar-refractivity contribution is 7.10. The van der Waals surface area contributed by atoms with Crippen molar-refractivity contribution in [3.8, 4) is 0 Å². The van der Waals surface area contributed by atoms with Gasteiger partial charge in [-0.1, -0.05) is 18.2 Å². The Balaban J connectivity index is 1.40. The Bertz CT molecular complexity index is 1350. The zero-order valence-corrected chi connectivity index (χ0v) is 19.5. The summed E-state index contributed by atoms with van der Waals surface area (Å²) in [4.78, 5) is 52.9. The summed E-state index contributed by atoms with van der Waals surface area (Å²) in [5.41, 5.74) is 5.10. The number of nitrogens with one attached hydrogen (secondary N) is 1. The molecular weight excluding hydrogens is 470 g/mol. The van der Waals surface area contributed by atoms with Gasteiger partial charge in [0.05, 0.1) is 12.3 Å². The van der Waals surface area contributed by atoms with E-state index in [4.69, 9.17) is 10.2 Å². The van der Waals surface area contributed by atoms with Gasteiger partial charge in [0.15, 0.2) is 0 Å². The molecule has 2 atom stereocenters. The van der Waals surface area contributed by atoms with Gasteiger partial charge in [0, 0.05) is 16.9 Å². The summed E-state index contributed by atoms with van der Waals surface area (Å²) in [7, 11) is 0. The van der Waals surface area contributed by atoms with Gasteiger partial charge in [-0.05, 0) is 48.2 Å². The molecule has 2 unspecified atom stereocenters. The van der Waals surface area contributed by atoms with E-state index in [9.17, 15) is 19.2 Å². The summed E-state index contributed by atoms with van der Waals surface area (Å²) in [6.45, 7) is 1.03. The van der Waals surface area contributed by atoms with Gasteiger partial charge >= 0.3 is 6.03 Å². The first-order valence-corrected chi connectivity index (χ1v) is 11.7. The fourth-order valence-electron chi connectivity index (χ4n) is 4.26. The number of carbonyl (C=O) groups excluding carboxylic acids is 4. The number of primary amides is 1. The van der Waals surface area contributed by atoms with Crippen LogP contribution in [0.25, 0.3) is 0 Å². The zero-order chi connectivity index (χ0) is 24.7. The van der Waals surface area contributed by atoms with Crippen LogP contribution in [-0.4, -0.2) is 45.9 Å². The minimum Gasteiger partial charge on any atom is -0.463 e. The van der Waals surface area contributed by atoms with Crippen LogP contribution in [-0.2, 0) is 15.1 Å². The van der Waals surface area contributed by atoms with Gasteiger partial charge in [0.1, 0.15) is 23.6 Å². The molecule has 0 radical (unpaired) electrons. The maximum atomic E-state index is 13.4. The van der Waals surface area contributed by atoms with Crippen molar-refractivity contribution in [1.82, 2.24) is 15.2 Å². The third-order valence-corrected chi connectivity index (χ3v) is 7.11. The fraction of sp³-hybridized carbons (Fsp3) is 0.208. The minimum atomic E-state index is -1.45. The fourth-order valence-corrected chi connectivity index (χ4v) is 5.07. The van der Waals surface area contributed by atoms with E-state index >= 15 is 0 Å². The molecule has 5 amide bonds. The Kier molecular flexibility index (Phi) is 5.48. The van der Waals surface area contributed by atoms with Gasteiger partial charge in [0.25, 0.3) is 11.8 Å². The average Bonchev–Trinajstić information content (AvgIpc) is 3.63. The number of rotatable bonds is 6. The highest BCUT2D eigenvalue weighted by Gasteiger charge is 2.50. The molecule has 11 heteroatoms. The number of amides is 5. The van der Waals surface area contributed by atoms with Crippen LogP contribution in [0.1, 0.15) is 45.9 Å². The largest absolute Gasteiger partial charge is 0.463 e. The molecule has 3 aromatic rings. The standard InChI is InChI=1S/C24H21N5O5S/c1-24(15-6-2-5-14(11-15)21(25)31)22(32)28(23(33)26-24)13-20(30)29-17(19-8-4-10-35-19)12-16(27-29)18-7-3-9-34-18/h2-11,17H,12-13H2,1H3,(H2,25,31)(H,26,33). The molecule has 1 fully saturated rings. The quantitative estimate of drug-likeness (QED) is 0.511. The van der Waals surface area contributed by atoms with Crippen molar-refractivity contribution >= 4 is 40.8 Å². The number of hydrogen-bond donors (Lipinski definition) is 2. The molecule has 10 nitrogen and oxygen atoms in total.